The van der Waals surface area contributed by atoms with Crippen LogP contribution in [0.4, 0.5) is 13.6 Å². The molecule has 3 nitrogen and oxygen atoms in total. The standard InChI is InChI=1S/C17H23F2NO2/c1-16(2,3)22-15(21)20-11-7-10-17(18,19)14(20)12-13-8-5-4-6-9-13/h4-6,8-9,14H,7,10-12H2,1-3H3. The monoisotopic (exact) mass is 311 g/mol. The molecule has 1 fully saturated rings. The topological polar surface area (TPSA) is 29.5 Å². The van der Waals surface area contributed by atoms with Crippen LogP contribution in [0.15, 0.2) is 30.3 Å². The lowest BCUT2D eigenvalue weighted by atomic mass is 9.92. The molecule has 1 aliphatic heterocycles. The van der Waals surface area contributed by atoms with Crippen LogP contribution in [-0.2, 0) is 11.2 Å². The largest absolute Gasteiger partial charge is 0.444 e. The summed E-state index contributed by atoms with van der Waals surface area (Å²) < 4.78 is 34.0. The van der Waals surface area contributed by atoms with Gasteiger partial charge in [0.1, 0.15) is 11.6 Å². The van der Waals surface area contributed by atoms with Crippen LogP contribution in [-0.4, -0.2) is 35.1 Å². The van der Waals surface area contributed by atoms with Gasteiger partial charge in [-0.3, -0.25) is 4.90 Å². The number of carbonyl (C=O) groups is 1. The first kappa shape index (κ1) is 16.7. The molecule has 1 unspecified atom stereocenters. The molecule has 1 aliphatic rings. The van der Waals surface area contributed by atoms with E-state index in [1.165, 1.54) is 4.90 Å². The lowest BCUT2D eigenvalue weighted by Gasteiger charge is -2.41. The fourth-order valence-electron chi connectivity index (χ4n) is 2.67. The van der Waals surface area contributed by atoms with E-state index in [9.17, 15) is 13.6 Å². The van der Waals surface area contributed by atoms with Crippen molar-refractivity contribution in [3.05, 3.63) is 35.9 Å². The minimum absolute atomic E-state index is 0.132. The summed E-state index contributed by atoms with van der Waals surface area (Å²) in [6, 6.07) is 7.92. The summed E-state index contributed by atoms with van der Waals surface area (Å²) in [6.07, 6.45) is -0.429. The number of benzene rings is 1. The zero-order chi connectivity index (χ0) is 16.4. The van der Waals surface area contributed by atoms with Crippen molar-refractivity contribution >= 4 is 6.09 Å². The van der Waals surface area contributed by atoms with Crippen molar-refractivity contribution < 1.29 is 18.3 Å². The quantitative estimate of drug-likeness (QED) is 0.816. The number of ether oxygens (including phenoxy) is 1. The average Bonchev–Trinajstić information content (AvgIpc) is 2.40. The van der Waals surface area contributed by atoms with Crippen molar-refractivity contribution in [2.45, 2.75) is 57.6 Å². The van der Waals surface area contributed by atoms with E-state index in [4.69, 9.17) is 4.74 Å². The summed E-state index contributed by atoms with van der Waals surface area (Å²) in [5.74, 6) is -2.90. The maximum atomic E-state index is 14.3. The molecule has 0 N–H and O–H groups in total. The SMILES string of the molecule is CC(C)(C)OC(=O)N1CCCC(F)(F)C1Cc1ccccc1. The summed E-state index contributed by atoms with van der Waals surface area (Å²) in [6.45, 7) is 5.51. The van der Waals surface area contributed by atoms with Crippen molar-refractivity contribution in [1.82, 2.24) is 4.90 Å². The Morgan fingerprint density at radius 3 is 2.55 bits per heavy atom. The van der Waals surface area contributed by atoms with Crippen molar-refractivity contribution in [2.75, 3.05) is 6.54 Å². The summed E-state index contributed by atoms with van der Waals surface area (Å²) in [4.78, 5) is 13.5. The van der Waals surface area contributed by atoms with Crippen molar-refractivity contribution in [2.24, 2.45) is 0 Å². The van der Waals surface area contributed by atoms with Crippen LogP contribution >= 0.6 is 0 Å². The molecular weight excluding hydrogens is 288 g/mol. The van der Waals surface area contributed by atoms with E-state index in [1.54, 1.807) is 32.9 Å². The van der Waals surface area contributed by atoms with E-state index in [0.717, 1.165) is 5.56 Å². The highest BCUT2D eigenvalue weighted by Gasteiger charge is 2.48. The molecule has 0 spiro atoms. The first-order chi connectivity index (χ1) is 10.2. The highest BCUT2D eigenvalue weighted by molar-refractivity contribution is 5.69. The predicted molar refractivity (Wildman–Crippen MR) is 81.1 cm³/mol. The molecule has 0 radical (unpaired) electrons. The minimum Gasteiger partial charge on any atom is -0.444 e. The lowest BCUT2D eigenvalue weighted by molar-refractivity contribution is -0.111. The normalized spacial score (nSPS) is 21.5. The van der Waals surface area contributed by atoms with Gasteiger partial charge in [-0.15, -0.1) is 0 Å². The van der Waals surface area contributed by atoms with Crippen LogP contribution < -0.4 is 0 Å². The van der Waals surface area contributed by atoms with Gasteiger partial charge < -0.3 is 4.74 Å². The number of alkyl halides is 2. The molecule has 0 bridgehead atoms. The zero-order valence-electron chi connectivity index (χ0n) is 13.3. The molecule has 5 heteroatoms. The molecule has 0 aliphatic carbocycles. The highest BCUT2D eigenvalue weighted by atomic mass is 19.3. The maximum absolute atomic E-state index is 14.3. The number of rotatable bonds is 2. The summed E-state index contributed by atoms with van der Waals surface area (Å²) in [5.41, 5.74) is 0.101. The second-order valence-electron chi connectivity index (χ2n) is 6.74. The third kappa shape index (κ3) is 4.18. The average molecular weight is 311 g/mol. The Morgan fingerprint density at radius 2 is 1.95 bits per heavy atom. The molecule has 1 heterocycles. The van der Waals surface area contributed by atoms with Crippen LogP contribution in [0.3, 0.4) is 0 Å². The van der Waals surface area contributed by atoms with E-state index in [-0.39, 0.29) is 19.3 Å². The van der Waals surface area contributed by atoms with Crippen LogP contribution in [0, 0.1) is 0 Å². The van der Waals surface area contributed by atoms with Gasteiger partial charge in [-0.2, -0.15) is 0 Å². The predicted octanol–water partition coefficient (Wildman–Crippen LogP) is 4.26. The minimum atomic E-state index is -2.90. The number of halogens is 2. The van der Waals surface area contributed by atoms with E-state index in [1.807, 2.05) is 18.2 Å². The molecule has 1 aromatic rings. The molecule has 1 amide bonds. The number of amides is 1. The van der Waals surface area contributed by atoms with Gasteiger partial charge in [0.2, 0.25) is 0 Å². The van der Waals surface area contributed by atoms with Gasteiger partial charge in [0.25, 0.3) is 5.92 Å². The number of nitrogens with zero attached hydrogens (tertiary/aromatic N) is 1. The molecule has 1 saturated heterocycles. The van der Waals surface area contributed by atoms with Crippen molar-refractivity contribution in [3.63, 3.8) is 0 Å². The van der Waals surface area contributed by atoms with Crippen LogP contribution in [0.25, 0.3) is 0 Å². The van der Waals surface area contributed by atoms with Crippen LogP contribution in [0.1, 0.15) is 39.2 Å². The fourth-order valence-corrected chi connectivity index (χ4v) is 2.67. The van der Waals surface area contributed by atoms with Gasteiger partial charge in [0.05, 0.1) is 0 Å². The fraction of sp³-hybridized carbons (Fsp3) is 0.588. The van der Waals surface area contributed by atoms with Crippen molar-refractivity contribution in [3.8, 4) is 0 Å². The zero-order valence-corrected chi connectivity index (χ0v) is 13.3. The smallest absolute Gasteiger partial charge is 0.410 e. The Balaban J connectivity index is 2.20. The van der Waals surface area contributed by atoms with E-state index < -0.39 is 23.7 Å². The van der Waals surface area contributed by atoms with Gasteiger partial charge in [-0.25, -0.2) is 13.6 Å². The summed E-state index contributed by atoms with van der Waals surface area (Å²) in [7, 11) is 0. The Bertz CT molecular complexity index is 511. The van der Waals surface area contributed by atoms with Gasteiger partial charge >= 0.3 is 6.09 Å². The second-order valence-corrected chi connectivity index (χ2v) is 6.74. The summed E-state index contributed by atoms with van der Waals surface area (Å²) >= 11 is 0. The molecule has 2 rings (SSSR count). The van der Waals surface area contributed by atoms with E-state index >= 15 is 0 Å². The second kappa shape index (κ2) is 6.23. The molecule has 122 valence electrons. The number of likely N-dealkylation sites (tertiary alicyclic amines) is 1. The van der Waals surface area contributed by atoms with E-state index in [0.29, 0.717) is 6.54 Å². The third-order valence-electron chi connectivity index (χ3n) is 3.67. The Labute approximate surface area is 130 Å². The van der Waals surface area contributed by atoms with Crippen LogP contribution in [0.2, 0.25) is 0 Å². The highest BCUT2D eigenvalue weighted by Crippen LogP contribution is 2.35. The number of piperidine rings is 1. The molecule has 0 saturated carbocycles. The molecule has 1 atom stereocenters. The number of hydrogen-bond acceptors (Lipinski definition) is 2. The number of hydrogen-bond donors (Lipinski definition) is 0. The molecule has 1 aromatic carbocycles. The Morgan fingerprint density at radius 1 is 1.32 bits per heavy atom. The maximum Gasteiger partial charge on any atom is 0.410 e. The lowest BCUT2D eigenvalue weighted by Crippen LogP contribution is -2.56. The number of carbonyl (C=O) groups excluding carboxylic acids is 1. The molecule has 22 heavy (non-hydrogen) atoms. The van der Waals surface area contributed by atoms with Crippen molar-refractivity contribution in [1.29, 1.82) is 0 Å². The van der Waals surface area contributed by atoms with E-state index in [2.05, 4.69) is 0 Å². The van der Waals surface area contributed by atoms with Gasteiger partial charge in [0, 0.05) is 13.0 Å². The van der Waals surface area contributed by atoms with Crippen LogP contribution in [0.5, 0.6) is 0 Å². The molecule has 0 aromatic heterocycles. The summed E-state index contributed by atoms with van der Waals surface area (Å²) in [5, 5.41) is 0. The molecular formula is C17H23F2NO2. The Hall–Kier alpha value is -1.65. The first-order valence-electron chi connectivity index (χ1n) is 7.60. The van der Waals surface area contributed by atoms with Gasteiger partial charge in [-0.1, -0.05) is 30.3 Å². The van der Waals surface area contributed by atoms with Gasteiger partial charge in [-0.05, 0) is 39.2 Å². The van der Waals surface area contributed by atoms with Gasteiger partial charge in [0.15, 0.2) is 0 Å². The Kier molecular flexibility index (Phi) is 4.73. The first-order valence-corrected chi connectivity index (χ1v) is 7.60. The third-order valence-corrected chi connectivity index (χ3v) is 3.67.